The fourth-order valence-corrected chi connectivity index (χ4v) is 4.35. The Morgan fingerprint density at radius 3 is 1.97 bits per heavy atom. The summed E-state index contributed by atoms with van der Waals surface area (Å²) in [4.78, 5) is 3.27. The summed E-state index contributed by atoms with van der Waals surface area (Å²) in [6, 6.07) is 34.1. The Kier molecular flexibility index (Phi) is 4.47. The van der Waals surface area contributed by atoms with Gasteiger partial charge in [0.05, 0.1) is 0 Å². The summed E-state index contributed by atoms with van der Waals surface area (Å²) >= 11 is 0. The second-order valence-corrected chi connectivity index (χ2v) is 7.38. The first kappa shape index (κ1) is 18.0. The molecule has 1 aliphatic carbocycles. The molecule has 1 aliphatic rings. The maximum atomic E-state index is 9.50. The van der Waals surface area contributed by atoms with Gasteiger partial charge in [0, 0.05) is 4.91 Å². The number of ether oxygens (including phenoxy) is 1. The van der Waals surface area contributed by atoms with Crippen molar-refractivity contribution in [3.63, 3.8) is 0 Å². The number of para-hydroxylation sites is 1. The molecule has 4 aromatic rings. The second-order valence-electron chi connectivity index (χ2n) is 7.38. The number of nitrogens with zero attached hydrogens (tertiary/aromatic N) is 3. The van der Waals surface area contributed by atoms with Gasteiger partial charge in [0.2, 0.25) is 0 Å². The number of azide groups is 1. The lowest BCUT2D eigenvalue weighted by Gasteiger charge is -2.27. The third-order valence-corrected chi connectivity index (χ3v) is 5.59. The van der Waals surface area contributed by atoms with Gasteiger partial charge in [-0.1, -0.05) is 84.0 Å². The topological polar surface area (TPSA) is 58.0 Å². The average Bonchev–Trinajstić information content (AvgIpc) is 3.05. The Hall–Kier alpha value is -4.01. The van der Waals surface area contributed by atoms with Gasteiger partial charge in [0.1, 0.15) is 17.0 Å². The van der Waals surface area contributed by atoms with Gasteiger partial charge in [-0.05, 0) is 64.0 Å². The SMILES string of the molecule is [N-]=[N+]=NC1(Cc2cccc(Oc3ccccc3)c2)c2ccccc2-c2ccccc21. The van der Waals surface area contributed by atoms with Crippen LogP contribution in [-0.4, -0.2) is 0 Å². The van der Waals surface area contributed by atoms with Crippen molar-refractivity contribution in [2.45, 2.75) is 12.0 Å². The molecule has 30 heavy (non-hydrogen) atoms. The van der Waals surface area contributed by atoms with Crippen molar-refractivity contribution in [2.75, 3.05) is 0 Å². The molecule has 0 bridgehead atoms. The van der Waals surface area contributed by atoms with Gasteiger partial charge in [0.25, 0.3) is 0 Å². The first-order chi connectivity index (χ1) is 14.8. The Morgan fingerprint density at radius 2 is 1.30 bits per heavy atom. The summed E-state index contributed by atoms with van der Waals surface area (Å²) < 4.78 is 6.01. The van der Waals surface area contributed by atoms with Crippen LogP contribution < -0.4 is 4.74 Å². The summed E-state index contributed by atoms with van der Waals surface area (Å²) in [5.74, 6) is 1.55. The van der Waals surface area contributed by atoms with Crippen LogP contribution in [0.3, 0.4) is 0 Å². The minimum atomic E-state index is -0.784. The third-order valence-electron chi connectivity index (χ3n) is 5.59. The maximum absolute atomic E-state index is 9.50. The van der Waals surface area contributed by atoms with E-state index in [0.717, 1.165) is 39.3 Å². The minimum absolute atomic E-state index is 0.553. The van der Waals surface area contributed by atoms with Crippen LogP contribution in [0.5, 0.6) is 11.5 Å². The molecule has 0 heterocycles. The van der Waals surface area contributed by atoms with E-state index in [1.54, 1.807) is 0 Å². The first-order valence-corrected chi connectivity index (χ1v) is 9.88. The molecule has 0 aromatic heterocycles. The molecule has 0 amide bonds. The van der Waals surface area contributed by atoms with E-state index in [2.05, 4.69) is 40.4 Å². The van der Waals surface area contributed by atoms with Crippen molar-refractivity contribution in [1.29, 1.82) is 0 Å². The van der Waals surface area contributed by atoms with E-state index in [1.807, 2.05) is 72.8 Å². The van der Waals surface area contributed by atoms with Gasteiger partial charge >= 0.3 is 0 Å². The van der Waals surface area contributed by atoms with E-state index in [1.165, 1.54) is 0 Å². The van der Waals surface area contributed by atoms with Crippen LogP contribution in [0.1, 0.15) is 16.7 Å². The molecular weight excluding hydrogens is 370 g/mol. The molecule has 4 nitrogen and oxygen atoms in total. The zero-order chi connectivity index (χ0) is 20.4. The molecule has 5 rings (SSSR count). The molecule has 0 spiro atoms. The predicted molar refractivity (Wildman–Crippen MR) is 118 cm³/mol. The molecule has 0 N–H and O–H groups in total. The zero-order valence-corrected chi connectivity index (χ0v) is 16.3. The Balaban J connectivity index is 1.59. The van der Waals surface area contributed by atoms with E-state index >= 15 is 0 Å². The second kappa shape index (κ2) is 7.43. The number of rotatable bonds is 5. The summed E-state index contributed by atoms with van der Waals surface area (Å²) in [5, 5.41) is 4.39. The quantitative estimate of drug-likeness (QED) is 0.201. The molecule has 144 valence electrons. The van der Waals surface area contributed by atoms with Crippen molar-refractivity contribution in [3.05, 3.63) is 130 Å². The fourth-order valence-electron chi connectivity index (χ4n) is 4.35. The van der Waals surface area contributed by atoms with Crippen LogP contribution in [0, 0.1) is 0 Å². The van der Waals surface area contributed by atoms with E-state index in [-0.39, 0.29) is 0 Å². The van der Waals surface area contributed by atoms with Crippen LogP contribution >= 0.6 is 0 Å². The van der Waals surface area contributed by atoms with E-state index in [0.29, 0.717) is 6.42 Å². The molecule has 0 radical (unpaired) electrons. The molecule has 0 aliphatic heterocycles. The van der Waals surface area contributed by atoms with Crippen LogP contribution in [0.2, 0.25) is 0 Å². The number of hydrogen-bond acceptors (Lipinski definition) is 2. The highest BCUT2D eigenvalue weighted by atomic mass is 16.5. The first-order valence-electron chi connectivity index (χ1n) is 9.88. The monoisotopic (exact) mass is 389 g/mol. The molecular formula is C26H19N3O. The predicted octanol–water partition coefficient (Wildman–Crippen LogP) is 7.26. The highest BCUT2D eigenvalue weighted by Crippen LogP contribution is 2.51. The summed E-state index contributed by atoms with van der Waals surface area (Å²) in [5.41, 5.74) is 14.1. The number of hydrogen-bond donors (Lipinski definition) is 0. The normalized spacial score (nSPS) is 13.1. The molecule has 0 unspecified atom stereocenters. The van der Waals surface area contributed by atoms with Gasteiger partial charge < -0.3 is 4.74 Å². The van der Waals surface area contributed by atoms with Gasteiger partial charge in [0.15, 0.2) is 0 Å². The lowest BCUT2D eigenvalue weighted by Crippen LogP contribution is -2.25. The Bertz CT molecular complexity index is 1210. The number of benzene rings is 4. The van der Waals surface area contributed by atoms with E-state index in [4.69, 9.17) is 4.74 Å². The average molecular weight is 389 g/mol. The van der Waals surface area contributed by atoms with Gasteiger partial charge in [-0.2, -0.15) is 0 Å². The van der Waals surface area contributed by atoms with Gasteiger partial charge in [-0.25, -0.2) is 0 Å². The van der Waals surface area contributed by atoms with E-state index < -0.39 is 5.54 Å². The summed E-state index contributed by atoms with van der Waals surface area (Å²) in [7, 11) is 0. The summed E-state index contributed by atoms with van der Waals surface area (Å²) in [6.07, 6.45) is 0.553. The fraction of sp³-hybridized carbons (Fsp3) is 0.0769. The molecule has 0 saturated heterocycles. The molecule has 0 saturated carbocycles. The molecule has 4 aromatic carbocycles. The van der Waals surface area contributed by atoms with Gasteiger partial charge in [-0.3, -0.25) is 0 Å². The standard InChI is InChI=1S/C26H19N3O/c27-29-28-26(24-15-6-4-13-22(24)23-14-5-7-16-25(23)26)18-19-9-8-12-21(17-19)30-20-10-2-1-3-11-20/h1-17H,18H2. The van der Waals surface area contributed by atoms with Crippen LogP contribution in [0.15, 0.2) is 108 Å². The zero-order valence-electron chi connectivity index (χ0n) is 16.3. The highest BCUT2D eigenvalue weighted by molar-refractivity contribution is 5.81. The van der Waals surface area contributed by atoms with Crippen molar-refractivity contribution in [3.8, 4) is 22.6 Å². The van der Waals surface area contributed by atoms with Gasteiger partial charge in [-0.15, -0.1) is 0 Å². The molecule has 0 fully saturated rings. The highest BCUT2D eigenvalue weighted by Gasteiger charge is 2.42. The molecule has 0 atom stereocenters. The van der Waals surface area contributed by atoms with Crippen molar-refractivity contribution in [1.82, 2.24) is 0 Å². The molecule has 4 heteroatoms. The lowest BCUT2D eigenvalue weighted by molar-refractivity contribution is 0.480. The minimum Gasteiger partial charge on any atom is -0.457 e. The maximum Gasteiger partial charge on any atom is 0.127 e. The van der Waals surface area contributed by atoms with Crippen molar-refractivity contribution in [2.24, 2.45) is 5.11 Å². The Labute approximate surface area is 175 Å². The summed E-state index contributed by atoms with van der Waals surface area (Å²) in [6.45, 7) is 0. The van der Waals surface area contributed by atoms with Crippen LogP contribution in [-0.2, 0) is 12.0 Å². The third kappa shape index (κ3) is 3.00. The Morgan fingerprint density at radius 1 is 0.700 bits per heavy atom. The van der Waals surface area contributed by atoms with Crippen molar-refractivity contribution < 1.29 is 4.74 Å². The van der Waals surface area contributed by atoms with Crippen LogP contribution in [0.25, 0.3) is 21.6 Å². The van der Waals surface area contributed by atoms with E-state index in [9.17, 15) is 5.53 Å². The largest absolute Gasteiger partial charge is 0.457 e. The number of fused-ring (bicyclic) bond motifs is 3. The van der Waals surface area contributed by atoms with Crippen molar-refractivity contribution >= 4 is 0 Å². The lowest BCUT2D eigenvalue weighted by atomic mass is 9.82. The smallest absolute Gasteiger partial charge is 0.127 e. The van der Waals surface area contributed by atoms with Crippen LogP contribution in [0.4, 0.5) is 0 Å².